The first kappa shape index (κ1) is 36.2. The van der Waals surface area contributed by atoms with Crippen molar-refractivity contribution in [2.45, 2.75) is 97.4 Å². The van der Waals surface area contributed by atoms with Crippen LogP contribution in [0.2, 0.25) is 0 Å². The van der Waals surface area contributed by atoms with Crippen molar-refractivity contribution in [3.8, 4) is 0 Å². The highest BCUT2D eigenvalue weighted by Gasteiger charge is 2.72. The number of anilines is 1. The van der Waals surface area contributed by atoms with Crippen LogP contribution in [0.1, 0.15) is 72.9 Å². The van der Waals surface area contributed by atoms with Crippen molar-refractivity contribution in [3.63, 3.8) is 0 Å². The van der Waals surface area contributed by atoms with Crippen LogP contribution in [0.5, 0.6) is 0 Å². The van der Waals surface area contributed by atoms with E-state index in [-0.39, 0.29) is 18.3 Å². The van der Waals surface area contributed by atoms with Crippen molar-refractivity contribution in [2.24, 2.45) is 39.7 Å². The molecule has 2 bridgehead atoms. The number of Topliss-reactive ketones (excluding diaryl/α,β-unsaturated/α-hetero) is 1. The minimum absolute atomic E-state index is 0.0487. The van der Waals surface area contributed by atoms with E-state index < -0.39 is 82.4 Å². The zero-order chi connectivity index (χ0) is 36.4. The van der Waals surface area contributed by atoms with Crippen molar-refractivity contribution in [2.75, 3.05) is 18.5 Å². The Labute approximate surface area is 294 Å². The van der Waals surface area contributed by atoms with Gasteiger partial charge in [0, 0.05) is 35.3 Å². The summed E-state index contributed by atoms with van der Waals surface area (Å²) >= 11 is 0. The lowest BCUT2D eigenvalue weighted by Gasteiger charge is -2.68. The molecule has 0 aromatic heterocycles. The molecule has 10 nitrogen and oxygen atoms in total. The average molecular weight is 689 g/mol. The van der Waals surface area contributed by atoms with Crippen molar-refractivity contribution in [1.82, 2.24) is 0 Å². The number of carbonyl (C=O) groups is 3. The van der Waals surface area contributed by atoms with Gasteiger partial charge in [0.15, 0.2) is 0 Å². The smallest absolute Gasteiger partial charge is 0.350 e. The number of benzene rings is 2. The molecule has 11 atom stereocenters. The molecule has 5 N–H and O–H groups in total. The minimum atomic E-state index is -1.46. The van der Waals surface area contributed by atoms with Gasteiger partial charge in [0.05, 0.1) is 42.4 Å². The third-order valence-corrected chi connectivity index (χ3v) is 13.1. The number of hydrogen-bond acceptors (Lipinski definition) is 10. The van der Waals surface area contributed by atoms with Crippen LogP contribution in [0.15, 0.2) is 71.8 Å². The maximum Gasteiger partial charge on any atom is 0.350 e. The van der Waals surface area contributed by atoms with Crippen LogP contribution in [0.25, 0.3) is 0 Å². The Kier molecular flexibility index (Phi) is 9.34. The first-order valence-corrected chi connectivity index (χ1v) is 17.8. The van der Waals surface area contributed by atoms with Crippen molar-refractivity contribution >= 4 is 23.4 Å². The Balaban J connectivity index is 1.43. The molecule has 270 valence electrons. The van der Waals surface area contributed by atoms with E-state index in [4.69, 9.17) is 19.9 Å². The van der Waals surface area contributed by atoms with Crippen LogP contribution < -0.4 is 11.1 Å². The number of nitrogens with two attached hydrogens (primary N) is 1. The molecule has 6 rings (SSSR count). The zero-order valence-corrected chi connectivity index (χ0v) is 30.1. The van der Waals surface area contributed by atoms with Gasteiger partial charge in [0.25, 0.3) is 0 Å². The summed E-state index contributed by atoms with van der Waals surface area (Å²) in [6.07, 6.45) is -3.13. The molecule has 10 heteroatoms. The second-order valence-corrected chi connectivity index (χ2v) is 16.0. The number of ether oxygens (including phenoxy) is 3. The first-order chi connectivity index (χ1) is 23.5. The monoisotopic (exact) mass is 688 g/mol. The lowest BCUT2D eigenvalue weighted by atomic mass is 9.40. The number of rotatable bonds is 8. The molecule has 3 aliphatic carbocycles. The topological polar surface area (TPSA) is 157 Å². The van der Waals surface area contributed by atoms with Gasteiger partial charge in [-0.15, -0.1) is 0 Å². The van der Waals surface area contributed by atoms with Gasteiger partial charge in [-0.3, -0.25) is 9.59 Å². The molecular weight excluding hydrogens is 636 g/mol. The molecule has 2 aromatic carbocycles. The van der Waals surface area contributed by atoms with Crippen LogP contribution in [0.3, 0.4) is 0 Å². The predicted octanol–water partition coefficient (Wildman–Crippen LogP) is 4.75. The fourth-order valence-corrected chi connectivity index (χ4v) is 10.4. The molecule has 1 heterocycles. The van der Waals surface area contributed by atoms with Gasteiger partial charge in [-0.25, -0.2) is 4.79 Å². The third kappa shape index (κ3) is 5.41. The van der Waals surface area contributed by atoms with E-state index >= 15 is 0 Å². The maximum absolute atomic E-state index is 14.8. The second-order valence-electron chi connectivity index (χ2n) is 16.0. The van der Waals surface area contributed by atoms with Gasteiger partial charge in [-0.1, -0.05) is 83.1 Å². The highest BCUT2D eigenvalue weighted by molar-refractivity contribution is 5.91. The van der Waals surface area contributed by atoms with Crippen molar-refractivity contribution in [1.29, 1.82) is 0 Å². The number of nitrogens with one attached hydrogen (secondary N) is 1. The number of ketones is 1. The first-order valence-electron chi connectivity index (χ1n) is 17.8. The van der Waals surface area contributed by atoms with Crippen LogP contribution in [0, 0.1) is 34.0 Å². The number of carbonyl (C=O) groups excluding carboxylic acids is 3. The van der Waals surface area contributed by atoms with Crippen LogP contribution in [-0.4, -0.2) is 71.1 Å². The highest BCUT2D eigenvalue weighted by atomic mass is 16.6. The Bertz CT molecular complexity index is 1660. The molecule has 4 aliphatic rings. The molecule has 3 fully saturated rings. The number of hydrogen-bond donors (Lipinski definition) is 4. The summed E-state index contributed by atoms with van der Waals surface area (Å²) in [5.74, 6) is -3.27. The van der Waals surface area contributed by atoms with E-state index in [1.54, 1.807) is 0 Å². The van der Waals surface area contributed by atoms with Crippen molar-refractivity contribution < 1.29 is 38.8 Å². The van der Waals surface area contributed by atoms with Gasteiger partial charge in [0.1, 0.15) is 11.9 Å². The summed E-state index contributed by atoms with van der Waals surface area (Å²) in [7, 11) is 0. The molecule has 0 amide bonds. The van der Waals surface area contributed by atoms with E-state index in [1.165, 1.54) is 0 Å². The standard InChI is InChI=1S/C40H52N2O8/c1-22-27(49-36(46)33(50-30(44)20-41)32(25-14-10-8-11-15-25)42-26-16-12-9-13-17-26)19-40(47)24(3)34-38(6)21-48-29(38)18-28(43)39(34,7)35(45)23(2)31(22)37(40,4)5/h8-17,23-24,27-29,32-34,42-43,47H,18-21,41H2,1-7H3/t23-,24+,27+,28+,29-,32+,33-,34-,38-,39-,40-/m1/s1. The van der Waals surface area contributed by atoms with E-state index in [1.807, 2.05) is 102 Å². The Morgan fingerprint density at radius 3 is 2.24 bits per heavy atom. The molecule has 2 saturated carbocycles. The molecular formula is C40H52N2O8. The molecule has 0 unspecified atom stereocenters. The van der Waals surface area contributed by atoms with Crippen LogP contribution >= 0.6 is 0 Å². The molecule has 0 radical (unpaired) electrons. The highest BCUT2D eigenvalue weighted by Crippen LogP contribution is 2.67. The summed E-state index contributed by atoms with van der Waals surface area (Å²) in [4.78, 5) is 42.0. The second kappa shape index (κ2) is 12.9. The van der Waals surface area contributed by atoms with Crippen molar-refractivity contribution in [3.05, 3.63) is 77.4 Å². The minimum Gasteiger partial charge on any atom is -0.455 e. The van der Waals surface area contributed by atoms with Gasteiger partial charge in [-0.2, -0.15) is 0 Å². The van der Waals surface area contributed by atoms with Crippen LogP contribution in [-0.2, 0) is 28.6 Å². The van der Waals surface area contributed by atoms with Gasteiger partial charge in [0.2, 0.25) is 6.10 Å². The number of para-hydroxylation sites is 1. The van der Waals surface area contributed by atoms with E-state index in [0.717, 1.165) is 0 Å². The third-order valence-electron chi connectivity index (χ3n) is 13.1. The average Bonchev–Trinajstić information content (AvgIpc) is 3.09. The molecule has 1 saturated heterocycles. The largest absolute Gasteiger partial charge is 0.455 e. The zero-order valence-electron chi connectivity index (χ0n) is 30.1. The number of aliphatic hydroxyl groups is 2. The van der Waals surface area contributed by atoms with E-state index in [0.29, 0.717) is 35.4 Å². The molecule has 50 heavy (non-hydrogen) atoms. The summed E-state index contributed by atoms with van der Waals surface area (Å²) in [6, 6.07) is 17.6. The summed E-state index contributed by atoms with van der Waals surface area (Å²) in [5.41, 5.74) is 4.50. The van der Waals surface area contributed by atoms with Crippen LogP contribution in [0.4, 0.5) is 5.69 Å². The Hall–Kier alpha value is -3.57. The normalized spacial score (nSPS) is 37.1. The van der Waals surface area contributed by atoms with Gasteiger partial charge < -0.3 is 35.5 Å². The molecule has 2 aromatic rings. The Morgan fingerprint density at radius 2 is 1.66 bits per heavy atom. The predicted molar refractivity (Wildman–Crippen MR) is 188 cm³/mol. The fraction of sp³-hybridized carbons (Fsp3) is 0.575. The number of fused-ring (bicyclic) bond motifs is 5. The lowest BCUT2D eigenvalue weighted by molar-refractivity contribution is -0.301. The number of esters is 2. The summed E-state index contributed by atoms with van der Waals surface area (Å²) in [5, 5.41) is 28.1. The van der Waals surface area contributed by atoms with Gasteiger partial charge >= 0.3 is 11.9 Å². The lowest BCUT2D eigenvalue weighted by Crippen LogP contribution is -2.74. The Morgan fingerprint density at radius 1 is 1.04 bits per heavy atom. The molecule has 0 spiro atoms. The van der Waals surface area contributed by atoms with Gasteiger partial charge in [-0.05, 0) is 54.5 Å². The van der Waals surface area contributed by atoms with E-state index in [2.05, 4.69) is 12.2 Å². The van der Waals surface area contributed by atoms with E-state index in [9.17, 15) is 24.6 Å². The summed E-state index contributed by atoms with van der Waals surface area (Å²) < 4.78 is 18.0. The maximum atomic E-state index is 14.8. The number of aliphatic hydroxyl groups excluding tert-OH is 1. The quantitative estimate of drug-likeness (QED) is 0.226. The molecule has 1 aliphatic heterocycles. The SMILES string of the molecule is CC1=C2[C@@H](C)C(=O)[C@@]3(C)[C@H]([C@H](C)[C@](O)(C[C@@H]1OC(=O)[C@H](OC(=O)CN)[C@@H](Nc1ccccc1)c1ccccc1)C2(C)C)[C@]1(C)CO[C@@H]1C[C@@H]3O. The fourth-order valence-electron chi connectivity index (χ4n) is 10.4. The summed E-state index contributed by atoms with van der Waals surface area (Å²) in [6.45, 7) is 13.5.